The zero-order valence-corrected chi connectivity index (χ0v) is 10.1. The SMILES string of the molecule is CC(=S)NNS(=O)(=O)c1ccc(C)cc1. The first-order valence-electron chi connectivity index (χ1n) is 4.27. The molecule has 0 unspecified atom stereocenters. The summed E-state index contributed by atoms with van der Waals surface area (Å²) in [6.45, 7) is 3.48. The summed E-state index contributed by atoms with van der Waals surface area (Å²) in [4.78, 5) is 2.75. The molecule has 0 aliphatic carbocycles. The molecule has 0 amide bonds. The van der Waals surface area contributed by atoms with Crippen LogP contribution in [-0.2, 0) is 10.0 Å². The summed E-state index contributed by atoms with van der Waals surface area (Å²) in [6, 6.07) is 6.55. The Morgan fingerprint density at radius 1 is 1.27 bits per heavy atom. The van der Waals surface area contributed by atoms with E-state index >= 15 is 0 Å². The van der Waals surface area contributed by atoms with E-state index in [9.17, 15) is 8.42 Å². The molecule has 2 N–H and O–H groups in total. The Hall–Kier alpha value is -0.980. The fraction of sp³-hybridized carbons (Fsp3) is 0.222. The summed E-state index contributed by atoms with van der Waals surface area (Å²) in [5.41, 5.74) is 3.40. The van der Waals surface area contributed by atoms with Crippen molar-refractivity contribution >= 4 is 27.2 Å². The quantitative estimate of drug-likeness (QED) is 0.618. The molecule has 0 spiro atoms. The summed E-state index contributed by atoms with van der Waals surface area (Å²) in [5.74, 6) is 0. The third kappa shape index (κ3) is 3.58. The third-order valence-electron chi connectivity index (χ3n) is 1.69. The van der Waals surface area contributed by atoms with Crippen molar-refractivity contribution in [3.63, 3.8) is 0 Å². The fourth-order valence-electron chi connectivity index (χ4n) is 0.915. The number of hydrogen-bond donors (Lipinski definition) is 2. The second kappa shape index (κ2) is 4.69. The van der Waals surface area contributed by atoms with Gasteiger partial charge < -0.3 is 5.43 Å². The summed E-state index contributed by atoms with van der Waals surface area (Å²) >= 11 is 4.70. The van der Waals surface area contributed by atoms with Crippen molar-refractivity contribution in [2.45, 2.75) is 18.7 Å². The summed E-state index contributed by atoms with van der Waals surface area (Å²) in [6.07, 6.45) is 0. The monoisotopic (exact) mass is 244 g/mol. The van der Waals surface area contributed by atoms with E-state index in [1.54, 1.807) is 19.1 Å². The van der Waals surface area contributed by atoms with Gasteiger partial charge in [-0.15, -0.1) is 4.83 Å². The van der Waals surface area contributed by atoms with Crippen LogP contribution in [0.1, 0.15) is 12.5 Å². The van der Waals surface area contributed by atoms with Gasteiger partial charge in [0, 0.05) is 0 Å². The van der Waals surface area contributed by atoms with Crippen molar-refractivity contribution in [2.24, 2.45) is 0 Å². The van der Waals surface area contributed by atoms with Crippen molar-refractivity contribution < 1.29 is 8.42 Å². The van der Waals surface area contributed by atoms with Gasteiger partial charge in [-0.25, -0.2) is 8.42 Å². The third-order valence-corrected chi connectivity index (χ3v) is 3.06. The number of nitrogens with one attached hydrogen (secondary N) is 2. The van der Waals surface area contributed by atoms with Crippen LogP contribution in [0, 0.1) is 6.92 Å². The average molecular weight is 244 g/mol. The second-order valence-corrected chi connectivity index (χ2v) is 5.39. The zero-order chi connectivity index (χ0) is 11.5. The van der Waals surface area contributed by atoms with E-state index < -0.39 is 10.0 Å². The molecule has 0 heterocycles. The molecule has 1 aromatic carbocycles. The van der Waals surface area contributed by atoms with E-state index in [0.29, 0.717) is 4.99 Å². The highest BCUT2D eigenvalue weighted by molar-refractivity contribution is 7.89. The topological polar surface area (TPSA) is 58.2 Å². The normalized spacial score (nSPS) is 11.1. The van der Waals surface area contributed by atoms with E-state index in [1.165, 1.54) is 12.1 Å². The Morgan fingerprint density at radius 3 is 2.27 bits per heavy atom. The van der Waals surface area contributed by atoms with Crippen LogP contribution >= 0.6 is 12.2 Å². The average Bonchev–Trinajstić information content (AvgIpc) is 2.16. The van der Waals surface area contributed by atoms with Crippen LogP contribution < -0.4 is 10.3 Å². The maximum absolute atomic E-state index is 11.6. The Labute approximate surface area is 94.7 Å². The van der Waals surface area contributed by atoms with Gasteiger partial charge in [-0.05, 0) is 26.0 Å². The predicted octanol–water partition coefficient (Wildman–Crippen LogP) is 1.13. The van der Waals surface area contributed by atoms with E-state index in [1.807, 2.05) is 6.92 Å². The van der Waals surface area contributed by atoms with Crippen LogP contribution in [-0.4, -0.2) is 13.4 Å². The lowest BCUT2D eigenvalue weighted by Gasteiger charge is -2.07. The number of sulfonamides is 1. The molecule has 0 fully saturated rings. The van der Waals surface area contributed by atoms with Gasteiger partial charge in [0.15, 0.2) is 0 Å². The molecule has 0 saturated carbocycles. The van der Waals surface area contributed by atoms with Crippen LogP contribution in [0.5, 0.6) is 0 Å². The maximum atomic E-state index is 11.6. The molecule has 0 aromatic heterocycles. The molecule has 0 bridgehead atoms. The number of thiocarbonyl (C=S) groups is 1. The van der Waals surface area contributed by atoms with Crippen molar-refractivity contribution in [3.8, 4) is 0 Å². The second-order valence-electron chi connectivity index (χ2n) is 3.10. The van der Waals surface area contributed by atoms with E-state index in [-0.39, 0.29) is 4.90 Å². The molecule has 1 aromatic rings. The van der Waals surface area contributed by atoms with Gasteiger partial charge in [-0.1, -0.05) is 29.9 Å². The fourth-order valence-corrected chi connectivity index (χ4v) is 1.93. The standard InChI is InChI=1S/C9H12N2O2S2/c1-7-3-5-9(6-4-7)15(12,13)11-10-8(2)14/h3-6,11H,1-2H3,(H,10,14). The number of aryl methyl sites for hydroxylation is 1. The molecule has 0 radical (unpaired) electrons. The van der Waals surface area contributed by atoms with Gasteiger partial charge in [-0.2, -0.15) is 0 Å². The molecular formula is C9H12N2O2S2. The maximum Gasteiger partial charge on any atom is 0.257 e. The molecule has 0 atom stereocenters. The summed E-state index contributed by atoms with van der Waals surface area (Å²) in [5, 5.41) is 0. The first kappa shape index (κ1) is 12.1. The Bertz CT molecular complexity index is 452. The van der Waals surface area contributed by atoms with Crippen LogP contribution in [0.2, 0.25) is 0 Å². The lowest BCUT2D eigenvalue weighted by atomic mass is 10.2. The van der Waals surface area contributed by atoms with Gasteiger partial charge >= 0.3 is 0 Å². The molecule has 82 valence electrons. The van der Waals surface area contributed by atoms with Crippen molar-refractivity contribution in [1.29, 1.82) is 0 Å². The first-order chi connectivity index (χ1) is 6.92. The number of hydrazine groups is 1. The van der Waals surface area contributed by atoms with Gasteiger partial charge in [0.25, 0.3) is 10.0 Å². The molecule has 6 heteroatoms. The van der Waals surface area contributed by atoms with Gasteiger partial charge in [0.05, 0.1) is 9.88 Å². The predicted molar refractivity (Wildman–Crippen MR) is 62.9 cm³/mol. The minimum Gasteiger partial charge on any atom is -0.302 e. The molecule has 0 aliphatic rings. The zero-order valence-electron chi connectivity index (χ0n) is 8.44. The Kier molecular flexibility index (Phi) is 3.78. The number of hydrogen-bond acceptors (Lipinski definition) is 3. The summed E-state index contributed by atoms with van der Waals surface area (Å²) < 4.78 is 23.2. The minimum atomic E-state index is -3.52. The molecule has 15 heavy (non-hydrogen) atoms. The lowest BCUT2D eigenvalue weighted by molar-refractivity contribution is 0.577. The Morgan fingerprint density at radius 2 is 1.80 bits per heavy atom. The van der Waals surface area contributed by atoms with Crippen molar-refractivity contribution in [3.05, 3.63) is 29.8 Å². The van der Waals surface area contributed by atoms with E-state index in [0.717, 1.165) is 5.56 Å². The molecular weight excluding hydrogens is 232 g/mol. The van der Waals surface area contributed by atoms with Crippen molar-refractivity contribution in [1.82, 2.24) is 10.3 Å². The molecule has 1 rings (SSSR count). The highest BCUT2D eigenvalue weighted by Crippen LogP contribution is 2.08. The molecule has 0 saturated heterocycles. The van der Waals surface area contributed by atoms with E-state index in [4.69, 9.17) is 12.2 Å². The Balaban J connectivity index is 2.87. The van der Waals surface area contributed by atoms with Crippen LogP contribution in [0.3, 0.4) is 0 Å². The smallest absolute Gasteiger partial charge is 0.257 e. The van der Waals surface area contributed by atoms with Crippen LogP contribution in [0.4, 0.5) is 0 Å². The molecule has 0 aliphatic heterocycles. The van der Waals surface area contributed by atoms with Gasteiger partial charge in [0.1, 0.15) is 0 Å². The minimum absolute atomic E-state index is 0.205. The van der Waals surface area contributed by atoms with Gasteiger partial charge in [0.2, 0.25) is 0 Å². The largest absolute Gasteiger partial charge is 0.302 e. The lowest BCUT2D eigenvalue weighted by Crippen LogP contribution is -2.39. The highest BCUT2D eigenvalue weighted by Gasteiger charge is 2.12. The van der Waals surface area contributed by atoms with Crippen LogP contribution in [0.15, 0.2) is 29.2 Å². The van der Waals surface area contributed by atoms with Crippen LogP contribution in [0.25, 0.3) is 0 Å². The molecule has 4 nitrogen and oxygen atoms in total. The first-order valence-corrected chi connectivity index (χ1v) is 6.16. The van der Waals surface area contributed by atoms with Gasteiger partial charge in [-0.3, -0.25) is 0 Å². The number of rotatable bonds is 3. The number of benzene rings is 1. The van der Waals surface area contributed by atoms with E-state index in [2.05, 4.69) is 10.3 Å². The highest BCUT2D eigenvalue weighted by atomic mass is 32.2. The summed E-state index contributed by atoms with van der Waals surface area (Å²) in [7, 11) is -3.52. The van der Waals surface area contributed by atoms with Crippen molar-refractivity contribution in [2.75, 3.05) is 0 Å².